The van der Waals surface area contributed by atoms with Crippen molar-refractivity contribution < 1.29 is 24.4 Å². The van der Waals surface area contributed by atoms with Crippen LogP contribution >= 0.6 is 11.6 Å². The predicted octanol–water partition coefficient (Wildman–Crippen LogP) is 2.47. The second-order valence-corrected chi connectivity index (χ2v) is 8.63. The van der Waals surface area contributed by atoms with Crippen LogP contribution in [0.15, 0.2) is 60.9 Å². The molecule has 3 unspecified atom stereocenters. The number of aromatic nitrogens is 4. The van der Waals surface area contributed by atoms with Crippen LogP contribution in [0, 0.1) is 5.82 Å². The van der Waals surface area contributed by atoms with E-state index in [1.807, 2.05) is 30.3 Å². The van der Waals surface area contributed by atoms with Crippen LogP contribution in [-0.4, -0.2) is 66.3 Å². The topological polar surface area (TPSA) is 126 Å². The fourth-order valence-electron chi connectivity index (χ4n) is 4.32. The number of ether oxygens (including phenoxy) is 1. The maximum atomic E-state index is 13.5. The smallest absolute Gasteiger partial charge is 0.226 e. The molecule has 182 valence electrons. The van der Waals surface area contributed by atoms with Crippen molar-refractivity contribution in [2.75, 3.05) is 18.5 Å². The van der Waals surface area contributed by atoms with E-state index in [4.69, 9.17) is 16.3 Å². The molecule has 1 saturated heterocycles. The lowest BCUT2D eigenvalue weighted by Gasteiger charge is -2.20. The summed E-state index contributed by atoms with van der Waals surface area (Å²) in [7, 11) is 0. The molecule has 4 aromatic rings. The van der Waals surface area contributed by atoms with E-state index in [9.17, 15) is 19.7 Å². The normalized spacial score (nSPS) is 23.0. The molecule has 3 heterocycles. The van der Waals surface area contributed by atoms with Gasteiger partial charge in [-0.2, -0.15) is 9.97 Å². The third kappa shape index (κ3) is 4.58. The SMILES string of the molecule is OC[C@H]1O[C@@H](n2cnc3c(NCC(c4ccccc4)c4ccc(F)cc4)nc(Cl)nc32)C(O)C1O. The number of hydrogen-bond acceptors (Lipinski definition) is 8. The van der Waals surface area contributed by atoms with Gasteiger partial charge < -0.3 is 25.4 Å². The molecule has 0 amide bonds. The number of fused-ring (bicyclic) bond motifs is 1. The lowest BCUT2D eigenvalue weighted by molar-refractivity contribution is -0.0511. The highest BCUT2D eigenvalue weighted by molar-refractivity contribution is 6.28. The van der Waals surface area contributed by atoms with Gasteiger partial charge in [-0.25, -0.2) is 9.37 Å². The summed E-state index contributed by atoms with van der Waals surface area (Å²) in [6.07, 6.45) is -3.10. The summed E-state index contributed by atoms with van der Waals surface area (Å²) in [5.74, 6) is -0.0649. The van der Waals surface area contributed by atoms with Crippen molar-refractivity contribution in [1.29, 1.82) is 0 Å². The first-order valence-corrected chi connectivity index (χ1v) is 11.4. The van der Waals surface area contributed by atoms with Crippen LogP contribution in [0.25, 0.3) is 11.2 Å². The molecule has 0 radical (unpaired) electrons. The Labute approximate surface area is 204 Å². The molecule has 11 heteroatoms. The third-order valence-electron chi connectivity index (χ3n) is 6.13. The summed E-state index contributed by atoms with van der Waals surface area (Å²) in [5.41, 5.74) is 2.62. The molecule has 9 nitrogen and oxygen atoms in total. The second-order valence-electron chi connectivity index (χ2n) is 8.29. The fraction of sp³-hybridized carbons (Fsp3) is 0.292. The molecule has 2 aromatic carbocycles. The van der Waals surface area contributed by atoms with Crippen LogP contribution in [0.3, 0.4) is 0 Å². The van der Waals surface area contributed by atoms with Crippen molar-refractivity contribution in [2.24, 2.45) is 0 Å². The first kappa shape index (κ1) is 23.6. The van der Waals surface area contributed by atoms with E-state index >= 15 is 0 Å². The first-order chi connectivity index (χ1) is 17.0. The lowest BCUT2D eigenvalue weighted by atomic mass is 9.91. The van der Waals surface area contributed by atoms with Gasteiger partial charge in [0, 0.05) is 12.5 Å². The standard InChI is InChI=1S/C24H23ClFN5O4/c25-24-29-21(18-22(30-24)31(12-28-18)23-20(34)19(33)17(11-32)35-23)27-10-16(13-4-2-1-3-5-13)14-6-8-15(26)9-7-14/h1-9,12,16-17,19-20,23,32-34H,10-11H2,(H,27,29,30)/t16?,17-,19?,20?,23-/m1/s1. The molecule has 0 saturated carbocycles. The summed E-state index contributed by atoms with van der Waals surface area (Å²) in [6, 6.07) is 16.1. The minimum absolute atomic E-state index is 0.0495. The van der Waals surface area contributed by atoms with Gasteiger partial charge in [-0.1, -0.05) is 42.5 Å². The molecule has 0 spiro atoms. The Morgan fingerprint density at radius 2 is 1.74 bits per heavy atom. The number of aliphatic hydroxyl groups excluding tert-OH is 3. The van der Waals surface area contributed by atoms with Gasteiger partial charge in [0.05, 0.1) is 12.9 Å². The molecule has 5 rings (SSSR count). The molecule has 35 heavy (non-hydrogen) atoms. The van der Waals surface area contributed by atoms with E-state index < -0.39 is 31.1 Å². The summed E-state index contributed by atoms with van der Waals surface area (Å²) >= 11 is 6.21. The Kier molecular flexibility index (Phi) is 6.63. The van der Waals surface area contributed by atoms with Gasteiger partial charge in [0.25, 0.3) is 0 Å². The van der Waals surface area contributed by atoms with E-state index in [0.29, 0.717) is 23.5 Å². The summed E-state index contributed by atoms with van der Waals surface area (Å²) in [5, 5.41) is 33.2. The Morgan fingerprint density at radius 1 is 1.03 bits per heavy atom. The molecule has 1 fully saturated rings. The molecule has 1 aliphatic rings. The Bertz CT molecular complexity index is 1310. The van der Waals surface area contributed by atoms with Crippen LogP contribution in [-0.2, 0) is 4.74 Å². The summed E-state index contributed by atoms with van der Waals surface area (Å²) < 4.78 is 20.6. The third-order valence-corrected chi connectivity index (χ3v) is 6.30. The molecule has 2 aromatic heterocycles. The lowest BCUT2D eigenvalue weighted by Crippen LogP contribution is -2.33. The molecular formula is C24H23ClFN5O4. The maximum Gasteiger partial charge on any atom is 0.226 e. The number of aliphatic hydroxyl groups is 3. The van der Waals surface area contributed by atoms with E-state index in [1.165, 1.54) is 23.0 Å². The maximum absolute atomic E-state index is 13.5. The van der Waals surface area contributed by atoms with Crippen molar-refractivity contribution in [3.63, 3.8) is 0 Å². The van der Waals surface area contributed by atoms with Crippen LogP contribution in [0.2, 0.25) is 5.28 Å². The summed E-state index contributed by atoms with van der Waals surface area (Å²) in [4.78, 5) is 12.9. The van der Waals surface area contributed by atoms with Crippen molar-refractivity contribution >= 4 is 28.6 Å². The zero-order chi connectivity index (χ0) is 24.5. The number of halogens is 2. The highest BCUT2D eigenvalue weighted by Gasteiger charge is 2.44. The van der Waals surface area contributed by atoms with Gasteiger partial charge in [0.15, 0.2) is 23.2 Å². The van der Waals surface area contributed by atoms with Crippen LogP contribution < -0.4 is 5.32 Å². The van der Waals surface area contributed by atoms with Crippen LogP contribution in [0.1, 0.15) is 23.3 Å². The average molecular weight is 500 g/mol. The Hall–Kier alpha value is -3.15. The molecular weight excluding hydrogens is 477 g/mol. The van der Waals surface area contributed by atoms with E-state index in [2.05, 4.69) is 20.3 Å². The fourth-order valence-corrected chi connectivity index (χ4v) is 4.48. The number of anilines is 1. The highest BCUT2D eigenvalue weighted by Crippen LogP contribution is 2.33. The molecule has 0 aliphatic carbocycles. The average Bonchev–Trinajstić information content (AvgIpc) is 3.41. The van der Waals surface area contributed by atoms with Crippen molar-refractivity contribution in [3.8, 4) is 0 Å². The monoisotopic (exact) mass is 499 g/mol. The van der Waals surface area contributed by atoms with Crippen LogP contribution in [0.4, 0.5) is 10.2 Å². The minimum atomic E-state index is -1.30. The number of hydrogen-bond donors (Lipinski definition) is 4. The predicted molar refractivity (Wildman–Crippen MR) is 127 cm³/mol. The largest absolute Gasteiger partial charge is 0.394 e. The zero-order valence-corrected chi connectivity index (χ0v) is 19.1. The Morgan fingerprint density at radius 3 is 2.43 bits per heavy atom. The van der Waals surface area contributed by atoms with E-state index in [1.54, 1.807) is 12.1 Å². The number of nitrogens with zero attached hydrogens (tertiary/aromatic N) is 4. The van der Waals surface area contributed by atoms with E-state index in [-0.39, 0.29) is 17.0 Å². The number of benzene rings is 2. The number of nitrogens with one attached hydrogen (secondary N) is 1. The quantitative estimate of drug-likeness (QED) is 0.286. The summed E-state index contributed by atoms with van der Waals surface area (Å²) in [6.45, 7) is -0.0486. The molecule has 5 atom stereocenters. The molecule has 0 bridgehead atoms. The van der Waals surface area contributed by atoms with Gasteiger partial charge in [-0.05, 0) is 34.9 Å². The number of imidazole rings is 1. The first-order valence-electron chi connectivity index (χ1n) is 11.0. The van der Waals surface area contributed by atoms with Crippen LogP contribution in [0.5, 0.6) is 0 Å². The van der Waals surface area contributed by atoms with Gasteiger partial charge in [0.1, 0.15) is 24.1 Å². The van der Waals surface area contributed by atoms with Gasteiger partial charge >= 0.3 is 0 Å². The van der Waals surface area contributed by atoms with Gasteiger partial charge in [-0.3, -0.25) is 4.57 Å². The minimum Gasteiger partial charge on any atom is -0.394 e. The van der Waals surface area contributed by atoms with Crippen molar-refractivity contribution in [2.45, 2.75) is 30.5 Å². The van der Waals surface area contributed by atoms with Crippen molar-refractivity contribution in [1.82, 2.24) is 19.5 Å². The number of rotatable bonds is 7. The molecule has 4 N–H and O–H groups in total. The van der Waals surface area contributed by atoms with Crippen molar-refractivity contribution in [3.05, 3.63) is 83.2 Å². The molecule has 1 aliphatic heterocycles. The highest BCUT2D eigenvalue weighted by atomic mass is 35.5. The van der Waals surface area contributed by atoms with Gasteiger partial charge in [0.2, 0.25) is 5.28 Å². The van der Waals surface area contributed by atoms with Gasteiger partial charge in [-0.15, -0.1) is 0 Å². The second kappa shape index (κ2) is 9.84. The zero-order valence-electron chi connectivity index (χ0n) is 18.4. The van der Waals surface area contributed by atoms with E-state index in [0.717, 1.165) is 11.1 Å². The Balaban J connectivity index is 1.46.